The van der Waals surface area contributed by atoms with E-state index >= 15 is 0 Å². The first-order chi connectivity index (χ1) is 19.3. The summed E-state index contributed by atoms with van der Waals surface area (Å²) >= 11 is 0. The van der Waals surface area contributed by atoms with Crippen molar-refractivity contribution in [3.8, 4) is 5.75 Å². The summed E-state index contributed by atoms with van der Waals surface area (Å²) in [6, 6.07) is 18.1. The molecule has 2 aliphatic rings. The van der Waals surface area contributed by atoms with E-state index in [0.29, 0.717) is 49.4 Å². The van der Waals surface area contributed by atoms with E-state index in [2.05, 4.69) is 31.2 Å². The number of rotatable bonds is 6. The van der Waals surface area contributed by atoms with Crippen molar-refractivity contribution in [2.24, 2.45) is 5.92 Å². The van der Waals surface area contributed by atoms with Gasteiger partial charge >= 0.3 is 5.63 Å². The molecule has 1 N–H and O–H groups in total. The fourth-order valence-corrected chi connectivity index (χ4v) is 6.73. The van der Waals surface area contributed by atoms with Gasteiger partial charge < -0.3 is 19.2 Å². The Morgan fingerprint density at radius 2 is 1.90 bits per heavy atom. The van der Waals surface area contributed by atoms with Crippen LogP contribution in [0.3, 0.4) is 0 Å². The van der Waals surface area contributed by atoms with Gasteiger partial charge in [0, 0.05) is 42.4 Å². The number of aryl methyl sites for hydroxylation is 2. The molecular formula is C34H37NO5. The van der Waals surface area contributed by atoms with E-state index in [1.807, 2.05) is 36.1 Å². The van der Waals surface area contributed by atoms with Crippen LogP contribution in [-0.2, 0) is 17.8 Å². The highest BCUT2D eigenvalue weighted by atomic mass is 16.5. The standard InChI is InChI=1S/C34H37NO5/c1-22-25(11-10-24-7-3-4-9-28(22)24)21-39-27-12-13-29-23(2)30(33(37)40-31(29)19-27)14-15-32(36)35-18-17-34(38)16-6-5-8-26(34)20-35/h3-4,7,9-13,19,26,38H,5-6,8,14-18,20-21H2,1-2H3. The van der Waals surface area contributed by atoms with Gasteiger partial charge in [-0.3, -0.25) is 4.79 Å². The molecule has 2 atom stereocenters. The summed E-state index contributed by atoms with van der Waals surface area (Å²) in [7, 11) is 0. The molecule has 6 heteroatoms. The molecule has 3 aromatic carbocycles. The number of nitrogens with zero attached hydrogens (tertiary/aromatic N) is 1. The zero-order valence-corrected chi connectivity index (χ0v) is 23.4. The highest BCUT2D eigenvalue weighted by Gasteiger charge is 2.43. The van der Waals surface area contributed by atoms with E-state index in [0.717, 1.165) is 42.2 Å². The average Bonchev–Trinajstić information content (AvgIpc) is 2.96. The van der Waals surface area contributed by atoms with Crippen LogP contribution in [0.4, 0.5) is 0 Å². The van der Waals surface area contributed by atoms with Gasteiger partial charge in [-0.25, -0.2) is 4.79 Å². The summed E-state index contributed by atoms with van der Waals surface area (Å²) in [5.41, 5.74) is 3.17. The number of hydrogen-bond donors (Lipinski definition) is 1. The first kappa shape index (κ1) is 26.6. The normalized spacial score (nSPS) is 21.0. The van der Waals surface area contributed by atoms with Gasteiger partial charge in [0.25, 0.3) is 0 Å². The van der Waals surface area contributed by atoms with Gasteiger partial charge in [0.15, 0.2) is 0 Å². The molecule has 1 aliphatic heterocycles. The third kappa shape index (κ3) is 5.01. The Hall–Kier alpha value is -3.64. The van der Waals surface area contributed by atoms with Crippen LogP contribution in [0.15, 0.2) is 63.8 Å². The number of ether oxygens (including phenoxy) is 1. The third-order valence-corrected chi connectivity index (χ3v) is 9.33. The second kappa shape index (κ2) is 10.7. The summed E-state index contributed by atoms with van der Waals surface area (Å²) < 4.78 is 11.8. The molecule has 2 heterocycles. The fourth-order valence-electron chi connectivity index (χ4n) is 6.73. The van der Waals surface area contributed by atoms with Crippen LogP contribution in [0, 0.1) is 19.8 Å². The number of likely N-dealkylation sites (tertiary alicyclic amines) is 1. The fraction of sp³-hybridized carbons (Fsp3) is 0.412. The molecule has 2 fully saturated rings. The number of fused-ring (bicyclic) bond motifs is 3. The maximum absolute atomic E-state index is 13.1. The SMILES string of the molecule is Cc1c(COc2ccc3c(C)c(CCC(=O)N4CCC5(O)CCCCC5C4)c(=O)oc3c2)ccc2ccccc12. The summed E-state index contributed by atoms with van der Waals surface area (Å²) in [6.45, 7) is 5.64. The van der Waals surface area contributed by atoms with Crippen LogP contribution in [0.5, 0.6) is 5.75 Å². The zero-order valence-electron chi connectivity index (χ0n) is 23.4. The number of hydrogen-bond acceptors (Lipinski definition) is 5. The molecule has 1 aliphatic carbocycles. The van der Waals surface area contributed by atoms with Gasteiger partial charge in [0.2, 0.25) is 5.91 Å². The number of benzene rings is 3. The number of carbonyl (C=O) groups is 1. The van der Waals surface area contributed by atoms with Crippen molar-refractivity contribution in [3.05, 3.63) is 87.3 Å². The lowest BCUT2D eigenvalue weighted by Gasteiger charge is -2.47. The Kier molecular flexibility index (Phi) is 7.13. The Morgan fingerprint density at radius 1 is 1.05 bits per heavy atom. The van der Waals surface area contributed by atoms with Crippen LogP contribution in [0.2, 0.25) is 0 Å². The molecule has 1 amide bonds. The Balaban J connectivity index is 1.13. The minimum atomic E-state index is -0.609. The van der Waals surface area contributed by atoms with Crippen molar-refractivity contribution in [2.45, 2.75) is 71.0 Å². The second-order valence-corrected chi connectivity index (χ2v) is 11.6. The van der Waals surface area contributed by atoms with E-state index in [9.17, 15) is 14.7 Å². The molecule has 1 saturated carbocycles. The molecule has 6 nitrogen and oxygen atoms in total. The maximum Gasteiger partial charge on any atom is 0.339 e. The van der Waals surface area contributed by atoms with Gasteiger partial charge in [-0.05, 0) is 79.1 Å². The number of carbonyl (C=O) groups excluding carboxylic acids is 1. The van der Waals surface area contributed by atoms with Gasteiger partial charge in [0.1, 0.15) is 17.9 Å². The summed E-state index contributed by atoms with van der Waals surface area (Å²) in [4.78, 5) is 27.9. The Bertz CT molecular complexity index is 1640. The zero-order chi connectivity index (χ0) is 27.9. The van der Waals surface area contributed by atoms with E-state index in [4.69, 9.17) is 9.15 Å². The molecule has 6 rings (SSSR count). The molecule has 40 heavy (non-hydrogen) atoms. The molecular weight excluding hydrogens is 502 g/mol. The smallest absolute Gasteiger partial charge is 0.339 e. The predicted octanol–water partition coefficient (Wildman–Crippen LogP) is 6.23. The summed E-state index contributed by atoms with van der Waals surface area (Å²) in [6.07, 6.45) is 5.24. The largest absolute Gasteiger partial charge is 0.489 e. The Labute approximate surface area is 234 Å². The first-order valence-electron chi connectivity index (χ1n) is 14.5. The van der Waals surface area contributed by atoms with E-state index in [-0.39, 0.29) is 18.2 Å². The van der Waals surface area contributed by atoms with Crippen molar-refractivity contribution < 1.29 is 19.1 Å². The van der Waals surface area contributed by atoms with Crippen LogP contribution in [0.1, 0.15) is 60.8 Å². The monoisotopic (exact) mass is 539 g/mol. The molecule has 0 spiro atoms. The van der Waals surface area contributed by atoms with E-state index in [1.54, 1.807) is 6.07 Å². The van der Waals surface area contributed by atoms with E-state index in [1.165, 1.54) is 16.3 Å². The summed E-state index contributed by atoms with van der Waals surface area (Å²) in [5, 5.41) is 14.2. The first-order valence-corrected chi connectivity index (χ1v) is 14.5. The van der Waals surface area contributed by atoms with Gasteiger partial charge in [-0.15, -0.1) is 0 Å². The number of amides is 1. The highest BCUT2D eigenvalue weighted by molar-refractivity contribution is 5.86. The average molecular weight is 540 g/mol. The molecule has 1 aromatic heterocycles. The lowest BCUT2D eigenvalue weighted by atomic mass is 9.71. The predicted molar refractivity (Wildman–Crippen MR) is 157 cm³/mol. The minimum absolute atomic E-state index is 0.0410. The molecule has 4 aromatic rings. The van der Waals surface area contributed by atoms with Crippen molar-refractivity contribution in [1.82, 2.24) is 4.90 Å². The third-order valence-electron chi connectivity index (χ3n) is 9.33. The van der Waals surface area contributed by atoms with Crippen molar-refractivity contribution in [1.29, 1.82) is 0 Å². The molecule has 208 valence electrons. The molecule has 0 bridgehead atoms. The van der Waals surface area contributed by atoms with Crippen molar-refractivity contribution in [2.75, 3.05) is 13.1 Å². The van der Waals surface area contributed by atoms with Gasteiger partial charge in [-0.2, -0.15) is 0 Å². The van der Waals surface area contributed by atoms with Crippen molar-refractivity contribution in [3.63, 3.8) is 0 Å². The van der Waals surface area contributed by atoms with E-state index < -0.39 is 11.2 Å². The number of piperidine rings is 1. The van der Waals surface area contributed by atoms with Crippen molar-refractivity contribution >= 4 is 27.6 Å². The van der Waals surface area contributed by atoms with Crippen LogP contribution < -0.4 is 10.4 Å². The number of aliphatic hydroxyl groups is 1. The highest BCUT2D eigenvalue weighted by Crippen LogP contribution is 2.40. The van der Waals surface area contributed by atoms with Gasteiger partial charge in [0.05, 0.1) is 5.60 Å². The minimum Gasteiger partial charge on any atom is -0.489 e. The lowest BCUT2D eigenvalue weighted by molar-refractivity contribution is -0.143. The quantitative estimate of drug-likeness (QED) is 0.294. The second-order valence-electron chi connectivity index (χ2n) is 11.6. The molecule has 1 saturated heterocycles. The topological polar surface area (TPSA) is 80.0 Å². The van der Waals surface area contributed by atoms with Crippen LogP contribution in [0.25, 0.3) is 21.7 Å². The Morgan fingerprint density at radius 3 is 2.77 bits per heavy atom. The van der Waals surface area contributed by atoms with Gasteiger partial charge in [-0.1, -0.05) is 49.2 Å². The molecule has 2 unspecified atom stereocenters. The maximum atomic E-state index is 13.1. The van der Waals surface area contributed by atoms with Crippen LogP contribution >= 0.6 is 0 Å². The van der Waals surface area contributed by atoms with Crippen LogP contribution in [-0.4, -0.2) is 34.6 Å². The lowest BCUT2D eigenvalue weighted by Crippen LogP contribution is -2.54. The summed E-state index contributed by atoms with van der Waals surface area (Å²) in [5.74, 6) is 0.838. The molecule has 0 radical (unpaired) electrons.